The molecule has 6 nitrogen and oxygen atoms in total. The third kappa shape index (κ3) is 5.49. The number of amides is 1. The highest BCUT2D eigenvalue weighted by atomic mass is 16.5. The highest BCUT2D eigenvalue weighted by Gasteiger charge is 2.16. The molecule has 1 unspecified atom stereocenters. The number of methoxy groups -OCH3 is 1. The second-order valence-electron chi connectivity index (χ2n) is 7.61. The van der Waals surface area contributed by atoms with Gasteiger partial charge in [0.2, 0.25) is 0 Å². The van der Waals surface area contributed by atoms with Gasteiger partial charge in [0.1, 0.15) is 5.75 Å². The van der Waals surface area contributed by atoms with Gasteiger partial charge < -0.3 is 19.7 Å². The fraction of sp³-hybridized carbons (Fsp3) is 0.435. The van der Waals surface area contributed by atoms with Crippen molar-refractivity contribution in [2.45, 2.75) is 19.5 Å². The number of nitrogens with zero attached hydrogens (tertiary/aromatic N) is 2. The van der Waals surface area contributed by atoms with Crippen LogP contribution in [-0.4, -0.2) is 63.2 Å². The topological polar surface area (TPSA) is 54.0 Å². The van der Waals surface area contributed by atoms with Crippen LogP contribution in [-0.2, 0) is 11.3 Å². The number of nitrogens with one attached hydrogen (secondary N) is 1. The summed E-state index contributed by atoms with van der Waals surface area (Å²) in [5.41, 5.74) is 3.96. The summed E-state index contributed by atoms with van der Waals surface area (Å²) in [4.78, 5) is 16.2. The summed E-state index contributed by atoms with van der Waals surface area (Å²) in [6, 6.07) is 14.1. The number of benzene rings is 2. The number of anilines is 1. The van der Waals surface area contributed by atoms with Gasteiger partial charge in [0.15, 0.2) is 0 Å². The zero-order valence-corrected chi connectivity index (χ0v) is 17.8. The van der Waals surface area contributed by atoms with Gasteiger partial charge in [0, 0.05) is 56.6 Å². The van der Waals surface area contributed by atoms with Gasteiger partial charge in [-0.2, -0.15) is 0 Å². The van der Waals surface area contributed by atoms with Gasteiger partial charge in [-0.3, -0.25) is 9.69 Å². The molecule has 2 aromatic rings. The third-order valence-corrected chi connectivity index (χ3v) is 5.20. The molecule has 1 aliphatic rings. The molecule has 0 radical (unpaired) electrons. The molecule has 1 fully saturated rings. The van der Waals surface area contributed by atoms with Gasteiger partial charge in [-0.05, 0) is 42.8 Å². The van der Waals surface area contributed by atoms with Gasteiger partial charge in [0.05, 0.1) is 20.3 Å². The van der Waals surface area contributed by atoms with E-state index in [0.717, 1.165) is 44.3 Å². The summed E-state index contributed by atoms with van der Waals surface area (Å²) in [6.07, 6.45) is 0. The van der Waals surface area contributed by atoms with Gasteiger partial charge in [-0.25, -0.2) is 0 Å². The van der Waals surface area contributed by atoms with Crippen LogP contribution in [0.15, 0.2) is 42.5 Å². The number of carbonyl (C=O) groups excluding carboxylic acids is 1. The Bertz CT molecular complexity index is 832. The minimum absolute atomic E-state index is 0.00134. The van der Waals surface area contributed by atoms with Crippen molar-refractivity contribution in [3.63, 3.8) is 0 Å². The molecule has 0 aliphatic carbocycles. The van der Waals surface area contributed by atoms with E-state index in [-0.39, 0.29) is 11.9 Å². The summed E-state index contributed by atoms with van der Waals surface area (Å²) < 4.78 is 11.0. The van der Waals surface area contributed by atoms with Crippen molar-refractivity contribution >= 4 is 11.6 Å². The maximum atomic E-state index is 12.2. The Morgan fingerprint density at radius 3 is 2.66 bits per heavy atom. The van der Waals surface area contributed by atoms with Crippen molar-refractivity contribution in [3.8, 4) is 5.75 Å². The average Bonchev–Trinajstić information content (AvgIpc) is 2.74. The second kappa shape index (κ2) is 9.76. The number of rotatable bonds is 7. The number of carbonyl (C=O) groups is 1. The zero-order chi connectivity index (χ0) is 20.8. The Kier molecular flexibility index (Phi) is 7.12. The van der Waals surface area contributed by atoms with Crippen molar-refractivity contribution in [1.29, 1.82) is 0 Å². The SMILES string of the molecule is COc1ccc(C(C)Nc2cccc(C(=O)N(C)C)c2)cc1CN1CCOCC1. The maximum Gasteiger partial charge on any atom is 0.253 e. The molecule has 1 heterocycles. The van der Waals surface area contributed by atoms with Crippen molar-refractivity contribution in [2.24, 2.45) is 0 Å². The predicted molar refractivity (Wildman–Crippen MR) is 116 cm³/mol. The van der Waals surface area contributed by atoms with Crippen LogP contribution in [0.4, 0.5) is 5.69 Å². The van der Waals surface area contributed by atoms with E-state index in [1.54, 1.807) is 26.1 Å². The Labute approximate surface area is 173 Å². The normalized spacial score (nSPS) is 15.6. The summed E-state index contributed by atoms with van der Waals surface area (Å²) in [7, 11) is 5.24. The van der Waals surface area contributed by atoms with Crippen molar-refractivity contribution < 1.29 is 14.3 Å². The smallest absolute Gasteiger partial charge is 0.253 e. The highest BCUT2D eigenvalue weighted by molar-refractivity contribution is 5.94. The first-order valence-electron chi connectivity index (χ1n) is 10.0. The molecule has 2 aromatic carbocycles. The van der Waals surface area contributed by atoms with E-state index < -0.39 is 0 Å². The Morgan fingerprint density at radius 2 is 1.97 bits per heavy atom. The van der Waals surface area contributed by atoms with Crippen LogP contribution >= 0.6 is 0 Å². The van der Waals surface area contributed by atoms with Gasteiger partial charge in [0.25, 0.3) is 5.91 Å². The van der Waals surface area contributed by atoms with Crippen LogP contribution in [0.1, 0.15) is 34.5 Å². The first kappa shape index (κ1) is 21.1. The van der Waals surface area contributed by atoms with Crippen LogP contribution in [0.5, 0.6) is 5.75 Å². The molecular weight excluding hydrogens is 366 g/mol. The van der Waals surface area contributed by atoms with Gasteiger partial charge in [-0.1, -0.05) is 12.1 Å². The van der Waals surface area contributed by atoms with Crippen molar-refractivity contribution in [1.82, 2.24) is 9.80 Å². The summed E-state index contributed by atoms with van der Waals surface area (Å²) in [5, 5.41) is 3.52. The minimum atomic E-state index is -0.00134. The summed E-state index contributed by atoms with van der Waals surface area (Å²) >= 11 is 0. The zero-order valence-electron chi connectivity index (χ0n) is 17.8. The molecule has 1 aliphatic heterocycles. The molecule has 0 saturated carbocycles. The van der Waals surface area contributed by atoms with E-state index in [9.17, 15) is 4.79 Å². The van der Waals surface area contributed by atoms with E-state index >= 15 is 0 Å². The lowest BCUT2D eigenvalue weighted by Crippen LogP contribution is -2.35. The predicted octanol–water partition coefficient (Wildman–Crippen LogP) is 3.40. The number of morpholine rings is 1. The fourth-order valence-electron chi connectivity index (χ4n) is 3.53. The minimum Gasteiger partial charge on any atom is -0.496 e. The Morgan fingerprint density at radius 1 is 1.21 bits per heavy atom. The van der Waals surface area contributed by atoms with E-state index in [2.05, 4.69) is 29.3 Å². The average molecular weight is 398 g/mol. The van der Waals surface area contributed by atoms with Crippen LogP contribution in [0.3, 0.4) is 0 Å². The first-order chi connectivity index (χ1) is 14.0. The molecule has 1 N–H and O–H groups in total. The van der Waals surface area contributed by atoms with E-state index in [1.807, 2.05) is 30.3 Å². The molecule has 0 spiro atoms. The second-order valence-corrected chi connectivity index (χ2v) is 7.61. The third-order valence-electron chi connectivity index (χ3n) is 5.20. The Hall–Kier alpha value is -2.57. The lowest BCUT2D eigenvalue weighted by Gasteiger charge is -2.27. The maximum absolute atomic E-state index is 12.2. The molecule has 156 valence electrons. The molecule has 1 atom stereocenters. The van der Waals surface area contributed by atoms with E-state index in [4.69, 9.17) is 9.47 Å². The fourth-order valence-corrected chi connectivity index (χ4v) is 3.53. The standard InChI is InChI=1S/C23H31N3O3/c1-17(24-21-7-5-6-19(15-21)23(27)25(2)3)18-8-9-22(28-4)20(14-18)16-26-10-12-29-13-11-26/h5-9,14-15,17,24H,10-13,16H2,1-4H3. The lowest BCUT2D eigenvalue weighted by atomic mass is 10.0. The molecule has 0 bridgehead atoms. The lowest BCUT2D eigenvalue weighted by molar-refractivity contribution is 0.0339. The number of hydrogen-bond donors (Lipinski definition) is 1. The van der Waals surface area contributed by atoms with Crippen LogP contribution in [0.25, 0.3) is 0 Å². The largest absolute Gasteiger partial charge is 0.496 e. The number of hydrogen-bond acceptors (Lipinski definition) is 5. The summed E-state index contributed by atoms with van der Waals surface area (Å²) in [5.74, 6) is 0.907. The molecular formula is C23H31N3O3. The molecule has 29 heavy (non-hydrogen) atoms. The number of ether oxygens (including phenoxy) is 2. The monoisotopic (exact) mass is 397 g/mol. The van der Waals surface area contributed by atoms with Crippen LogP contribution in [0.2, 0.25) is 0 Å². The van der Waals surface area contributed by atoms with Gasteiger partial charge in [-0.15, -0.1) is 0 Å². The molecule has 1 saturated heterocycles. The molecule has 0 aromatic heterocycles. The summed E-state index contributed by atoms with van der Waals surface area (Å²) in [6.45, 7) is 6.41. The van der Waals surface area contributed by atoms with Crippen LogP contribution in [0, 0.1) is 0 Å². The van der Waals surface area contributed by atoms with Crippen LogP contribution < -0.4 is 10.1 Å². The quantitative estimate of drug-likeness (QED) is 0.776. The van der Waals surface area contributed by atoms with Gasteiger partial charge >= 0.3 is 0 Å². The van der Waals surface area contributed by atoms with E-state index in [1.165, 1.54) is 11.1 Å². The van der Waals surface area contributed by atoms with E-state index in [0.29, 0.717) is 5.56 Å². The van der Waals surface area contributed by atoms with Crippen molar-refractivity contribution in [2.75, 3.05) is 52.8 Å². The Balaban J connectivity index is 1.75. The molecule has 3 rings (SSSR count). The molecule has 6 heteroatoms. The van der Waals surface area contributed by atoms with Crippen molar-refractivity contribution in [3.05, 3.63) is 59.2 Å². The highest BCUT2D eigenvalue weighted by Crippen LogP contribution is 2.27. The molecule has 1 amide bonds. The first-order valence-corrected chi connectivity index (χ1v) is 10.0.